The molecule has 1 fully saturated rings. The molecule has 10 heteroatoms. The molecule has 0 radical (unpaired) electrons. The lowest BCUT2D eigenvalue weighted by molar-refractivity contribution is -0.394. The van der Waals surface area contributed by atoms with Crippen LogP contribution in [0.1, 0.15) is 23.2 Å². The fourth-order valence-electron chi connectivity index (χ4n) is 2.79. The van der Waals surface area contributed by atoms with Gasteiger partial charge in [-0.05, 0) is 30.7 Å². The molecule has 10 nitrogen and oxygen atoms in total. The van der Waals surface area contributed by atoms with E-state index in [0.29, 0.717) is 24.3 Å². The van der Waals surface area contributed by atoms with Crippen LogP contribution in [0.4, 0.5) is 22.7 Å². The molecule has 0 spiro atoms. The Morgan fingerprint density at radius 2 is 1.59 bits per heavy atom. The quantitative estimate of drug-likeness (QED) is 0.635. The van der Waals surface area contributed by atoms with E-state index in [1.54, 1.807) is 29.2 Å². The molecule has 1 saturated heterocycles. The summed E-state index contributed by atoms with van der Waals surface area (Å²) in [5.74, 6) is -0.678. The number of hydrogen-bond acceptors (Lipinski definition) is 6. The minimum atomic E-state index is -0.800. The normalized spacial score (nSPS) is 13.5. The maximum atomic E-state index is 12.3. The molecule has 2 aromatic carbocycles. The van der Waals surface area contributed by atoms with Crippen molar-refractivity contribution in [2.24, 2.45) is 0 Å². The Morgan fingerprint density at radius 1 is 1.00 bits per heavy atom. The van der Waals surface area contributed by atoms with Gasteiger partial charge in [-0.1, -0.05) is 0 Å². The van der Waals surface area contributed by atoms with Crippen molar-refractivity contribution in [1.82, 2.24) is 0 Å². The van der Waals surface area contributed by atoms with Crippen molar-refractivity contribution >= 4 is 34.6 Å². The van der Waals surface area contributed by atoms with Gasteiger partial charge in [0.1, 0.15) is 0 Å². The van der Waals surface area contributed by atoms with Crippen molar-refractivity contribution in [2.75, 3.05) is 16.8 Å². The Labute approximate surface area is 152 Å². The van der Waals surface area contributed by atoms with E-state index in [9.17, 15) is 29.8 Å². The van der Waals surface area contributed by atoms with E-state index >= 15 is 0 Å². The zero-order chi connectivity index (χ0) is 19.6. The molecule has 1 aliphatic rings. The molecule has 0 unspecified atom stereocenters. The van der Waals surface area contributed by atoms with Crippen LogP contribution in [-0.4, -0.2) is 28.2 Å². The lowest BCUT2D eigenvalue weighted by Crippen LogP contribution is -2.23. The predicted molar refractivity (Wildman–Crippen MR) is 95.7 cm³/mol. The van der Waals surface area contributed by atoms with Crippen molar-refractivity contribution in [3.05, 3.63) is 68.3 Å². The summed E-state index contributed by atoms with van der Waals surface area (Å²) in [4.78, 5) is 46.0. The highest BCUT2D eigenvalue weighted by Crippen LogP contribution is 2.25. The molecular weight excluding hydrogens is 356 g/mol. The van der Waals surface area contributed by atoms with E-state index in [0.717, 1.165) is 24.6 Å². The molecule has 27 heavy (non-hydrogen) atoms. The number of benzene rings is 2. The monoisotopic (exact) mass is 370 g/mol. The average Bonchev–Trinajstić information content (AvgIpc) is 3.07. The van der Waals surface area contributed by atoms with Gasteiger partial charge in [0.15, 0.2) is 0 Å². The fraction of sp³-hybridized carbons (Fsp3) is 0.176. The van der Waals surface area contributed by atoms with Crippen LogP contribution >= 0.6 is 0 Å². The summed E-state index contributed by atoms with van der Waals surface area (Å²) in [5.41, 5.74) is -0.185. The van der Waals surface area contributed by atoms with Crippen LogP contribution in [0, 0.1) is 20.2 Å². The van der Waals surface area contributed by atoms with Gasteiger partial charge in [0, 0.05) is 36.5 Å². The second kappa shape index (κ2) is 7.20. The van der Waals surface area contributed by atoms with Crippen molar-refractivity contribution in [3.8, 4) is 0 Å². The Morgan fingerprint density at radius 3 is 2.07 bits per heavy atom. The molecule has 0 bridgehead atoms. The molecule has 2 amide bonds. The second-order valence-corrected chi connectivity index (χ2v) is 5.90. The molecule has 0 atom stereocenters. The number of carbonyl (C=O) groups is 2. The highest BCUT2D eigenvalue weighted by molar-refractivity contribution is 6.05. The number of nitro benzene ring substituents is 2. The Balaban J connectivity index is 1.80. The van der Waals surface area contributed by atoms with E-state index in [-0.39, 0.29) is 11.5 Å². The van der Waals surface area contributed by atoms with Gasteiger partial charge in [-0.3, -0.25) is 29.8 Å². The van der Waals surface area contributed by atoms with Crippen molar-refractivity contribution in [3.63, 3.8) is 0 Å². The largest absolute Gasteiger partial charge is 0.322 e. The minimum absolute atomic E-state index is 0.0377. The third-order valence-corrected chi connectivity index (χ3v) is 4.10. The molecular formula is C17H14N4O6. The average molecular weight is 370 g/mol. The lowest BCUT2D eigenvalue weighted by Gasteiger charge is -2.16. The summed E-state index contributed by atoms with van der Waals surface area (Å²) in [5, 5.41) is 24.4. The van der Waals surface area contributed by atoms with Crippen molar-refractivity contribution < 1.29 is 19.4 Å². The number of carbonyl (C=O) groups excluding carboxylic acids is 2. The van der Waals surface area contributed by atoms with E-state index in [1.165, 1.54) is 0 Å². The number of nitrogens with zero attached hydrogens (tertiary/aromatic N) is 3. The highest BCUT2D eigenvalue weighted by Gasteiger charge is 2.22. The predicted octanol–water partition coefficient (Wildman–Crippen LogP) is 2.88. The van der Waals surface area contributed by atoms with Crippen LogP contribution in [0.2, 0.25) is 0 Å². The summed E-state index contributed by atoms with van der Waals surface area (Å²) in [7, 11) is 0. The summed E-state index contributed by atoms with van der Waals surface area (Å²) in [6.45, 7) is 0.641. The molecule has 1 N–H and O–H groups in total. The van der Waals surface area contributed by atoms with Gasteiger partial charge in [-0.15, -0.1) is 0 Å². The van der Waals surface area contributed by atoms with Crippen LogP contribution in [0.5, 0.6) is 0 Å². The summed E-state index contributed by atoms with van der Waals surface area (Å²) in [6, 6.07) is 9.26. The SMILES string of the molecule is O=C(Nc1ccc(N2CCCC2=O)cc1)c1cc([N+](=O)[O-])cc([N+](=O)[O-])c1. The number of nitrogens with one attached hydrogen (secondary N) is 1. The zero-order valence-electron chi connectivity index (χ0n) is 14.0. The summed E-state index contributed by atoms with van der Waals surface area (Å²) in [6.07, 6.45) is 1.30. The Hall–Kier alpha value is -3.82. The Kier molecular flexibility index (Phi) is 4.79. The van der Waals surface area contributed by atoms with Gasteiger partial charge >= 0.3 is 0 Å². The smallest absolute Gasteiger partial charge is 0.277 e. The first-order valence-electron chi connectivity index (χ1n) is 8.01. The van der Waals surface area contributed by atoms with Gasteiger partial charge in [0.2, 0.25) is 5.91 Å². The van der Waals surface area contributed by atoms with Crippen LogP contribution in [-0.2, 0) is 4.79 Å². The number of hydrogen-bond donors (Lipinski definition) is 1. The van der Waals surface area contributed by atoms with Crippen LogP contribution < -0.4 is 10.2 Å². The molecule has 0 aliphatic carbocycles. The molecule has 1 aliphatic heterocycles. The third kappa shape index (κ3) is 3.89. The lowest BCUT2D eigenvalue weighted by atomic mass is 10.1. The summed E-state index contributed by atoms with van der Waals surface area (Å²) < 4.78 is 0. The van der Waals surface area contributed by atoms with Gasteiger partial charge in [0.25, 0.3) is 17.3 Å². The van der Waals surface area contributed by atoms with Gasteiger partial charge in [0.05, 0.1) is 21.5 Å². The first-order valence-corrected chi connectivity index (χ1v) is 8.01. The fourth-order valence-corrected chi connectivity index (χ4v) is 2.79. The summed E-state index contributed by atoms with van der Waals surface area (Å²) >= 11 is 0. The highest BCUT2D eigenvalue weighted by atomic mass is 16.6. The van der Waals surface area contributed by atoms with E-state index in [2.05, 4.69) is 5.32 Å². The number of nitro groups is 2. The topological polar surface area (TPSA) is 136 Å². The third-order valence-electron chi connectivity index (χ3n) is 4.10. The maximum Gasteiger partial charge on any atom is 0.277 e. The van der Waals surface area contributed by atoms with E-state index < -0.39 is 27.1 Å². The molecule has 3 rings (SSSR count). The minimum Gasteiger partial charge on any atom is -0.322 e. The van der Waals surface area contributed by atoms with Gasteiger partial charge in [-0.25, -0.2) is 0 Å². The molecule has 2 aromatic rings. The first kappa shape index (κ1) is 18.0. The Bertz CT molecular complexity index is 909. The zero-order valence-corrected chi connectivity index (χ0v) is 14.0. The maximum absolute atomic E-state index is 12.3. The van der Waals surface area contributed by atoms with Crippen LogP contribution in [0.15, 0.2) is 42.5 Å². The van der Waals surface area contributed by atoms with Crippen LogP contribution in [0.3, 0.4) is 0 Å². The number of anilines is 2. The molecule has 0 saturated carbocycles. The number of rotatable bonds is 5. The number of amides is 2. The van der Waals surface area contributed by atoms with Crippen molar-refractivity contribution in [1.29, 1.82) is 0 Å². The number of non-ortho nitro benzene ring substituents is 2. The van der Waals surface area contributed by atoms with E-state index in [1.807, 2.05) is 0 Å². The standard InChI is InChI=1S/C17H14N4O6/c22-16-2-1-7-19(16)13-5-3-12(4-6-13)18-17(23)11-8-14(20(24)25)10-15(9-11)21(26)27/h3-6,8-10H,1-2,7H2,(H,18,23). The van der Waals surface area contributed by atoms with Crippen molar-refractivity contribution in [2.45, 2.75) is 12.8 Å². The van der Waals surface area contributed by atoms with Gasteiger partial charge < -0.3 is 10.2 Å². The second-order valence-electron chi connectivity index (χ2n) is 5.90. The van der Waals surface area contributed by atoms with Gasteiger partial charge in [-0.2, -0.15) is 0 Å². The van der Waals surface area contributed by atoms with Crippen LogP contribution in [0.25, 0.3) is 0 Å². The first-order chi connectivity index (χ1) is 12.8. The van der Waals surface area contributed by atoms with E-state index in [4.69, 9.17) is 0 Å². The molecule has 138 valence electrons. The molecule has 1 heterocycles. The molecule has 0 aromatic heterocycles.